The van der Waals surface area contributed by atoms with Crippen molar-refractivity contribution < 1.29 is 31.9 Å². The number of benzene rings is 1. The van der Waals surface area contributed by atoms with Crippen LogP contribution in [0.2, 0.25) is 0 Å². The molecule has 1 aromatic carbocycles. The van der Waals surface area contributed by atoms with Crippen LogP contribution in [0.1, 0.15) is 19.3 Å². The van der Waals surface area contributed by atoms with Gasteiger partial charge in [-0.3, -0.25) is 14.5 Å². The van der Waals surface area contributed by atoms with Crippen LogP contribution in [0, 0.1) is 35.5 Å². The lowest BCUT2D eigenvalue weighted by atomic mass is 9.59. The number of hydrogen-bond donors (Lipinski definition) is 0. The fourth-order valence-corrected chi connectivity index (χ4v) is 5.66. The lowest BCUT2D eigenvalue weighted by Gasteiger charge is -2.42. The molecule has 8 heteroatoms. The summed E-state index contributed by atoms with van der Waals surface area (Å²) >= 11 is 0. The molecule has 0 spiro atoms. The number of anilines is 1. The molecule has 0 N–H and O–H groups in total. The number of ether oxygens (including phenoxy) is 1. The molecule has 0 aromatic heterocycles. The zero-order valence-electron chi connectivity index (χ0n) is 14.2. The Kier molecular flexibility index (Phi) is 3.44. The average molecular weight is 383 g/mol. The quantitative estimate of drug-likeness (QED) is 0.588. The lowest BCUT2D eigenvalue weighted by Crippen LogP contribution is -2.43. The molecule has 4 nitrogen and oxygen atoms in total. The van der Waals surface area contributed by atoms with Crippen LogP contribution in [0.15, 0.2) is 24.3 Å². The van der Waals surface area contributed by atoms with Gasteiger partial charge in [0.05, 0.1) is 17.5 Å². The Morgan fingerprint density at radius 2 is 1.44 bits per heavy atom. The average Bonchev–Trinajstić information content (AvgIpc) is 3.40. The van der Waals surface area contributed by atoms with Crippen molar-refractivity contribution in [1.82, 2.24) is 0 Å². The second-order valence-corrected chi connectivity index (χ2v) is 7.99. The van der Waals surface area contributed by atoms with Crippen LogP contribution >= 0.6 is 0 Å². The van der Waals surface area contributed by atoms with Crippen LogP contribution in [0.5, 0.6) is 5.75 Å². The highest BCUT2D eigenvalue weighted by molar-refractivity contribution is 6.22. The van der Waals surface area contributed by atoms with Crippen LogP contribution in [-0.4, -0.2) is 24.3 Å². The number of rotatable bonds is 4. The maximum Gasteiger partial charge on any atom is 0.461 e. The van der Waals surface area contributed by atoms with Gasteiger partial charge in [0, 0.05) is 0 Å². The molecular weight excluding hydrogens is 366 g/mol. The summed E-state index contributed by atoms with van der Waals surface area (Å²) in [4.78, 5) is 27.1. The van der Waals surface area contributed by atoms with E-state index in [-0.39, 0.29) is 41.2 Å². The Morgan fingerprint density at radius 3 is 1.93 bits per heavy atom. The standard InChI is InChI=1S/C19H17F4NO3/c20-18(21)19(22,23)27-9-3-1-8(2-4-9)24-16(25)14-10-5-6-11(13-7-12(10)13)15(14)17(24)26/h1-4,10-15,18H,5-7H2/t10-,11+,12-,13?,14-,15+/m0/s1. The van der Waals surface area contributed by atoms with E-state index in [9.17, 15) is 27.2 Å². The second kappa shape index (κ2) is 5.45. The first-order chi connectivity index (χ1) is 12.8. The van der Waals surface area contributed by atoms with Crippen LogP contribution in [0.25, 0.3) is 0 Å². The zero-order chi connectivity index (χ0) is 19.1. The molecule has 144 valence electrons. The van der Waals surface area contributed by atoms with Crippen LogP contribution in [-0.2, 0) is 9.59 Å². The number of nitrogens with zero attached hydrogens (tertiary/aromatic N) is 1. The lowest BCUT2D eigenvalue weighted by molar-refractivity contribution is -0.253. The van der Waals surface area contributed by atoms with Crippen molar-refractivity contribution in [3.05, 3.63) is 24.3 Å². The van der Waals surface area contributed by atoms with Crippen molar-refractivity contribution in [1.29, 1.82) is 0 Å². The fraction of sp³-hybridized carbons (Fsp3) is 0.579. The van der Waals surface area contributed by atoms with Crippen molar-refractivity contribution in [2.75, 3.05) is 4.90 Å². The van der Waals surface area contributed by atoms with E-state index >= 15 is 0 Å². The molecule has 4 saturated carbocycles. The topological polar surface area (TPSA) is 46.6 Å². The minimum Gasteiger partial charge on any atom is -0.428 e. The number of carbonyl (C=O) groups excluding carboxylic acids is 2. The molecule has 5 aliphatic rings. The SMILES string of the molecule is O=C1[C@H]2[C@H]3CC[C@H](C4C[C@H]43)[C@H]2C(=O)N1c1ccc(OC(F)(F)C(F)F)cc1. The number of carbonyl (C=O) groups is 2. The molecule has 0 radical (unpaired) electrons. The number of alkyl halides is 4. The number of halogens is 4. The largest absolute Gasteiger partial charge is 0.461 e. The summed E-state index contributed by atoms with van der Waals surface area (Å²) in [7, 11) is 0. The van der Waals surface area contributed by atoms with Crippen molar-refractivity contribution >= 4 is 17.5 Å². The normalized spacial score (nSPS) is 36.9. The van der Waals surface area contributed by atoms with Gasteiger partial charge < -0.3 is 4.74 Å². The highest BCUT2D eigenvalue weighted by Crippen LogP contribution is 2.68. The zero-order valence-corrected chi connectivity index (χ0v) is 14.2. The van der Waals surface area contributed by atoms with Gasteiger partial charge in [-0.05, 0) is 67.2 Å². The molecule has 1 aliphatic heterocycles. The molecule has 1 heterocycles. The third-order valence-electron chi connectivity index (χ3n) is 6.75. The Balaban J connectivity index is 1.39. The highest BCUT2D eigenvalue weighted by atomic mass is 19.3. The first-order valence-corrected chi connectivity index (χ1v) is 9.12. The minimum absolute atomic E-state index is 0.225. The van der Waals surface area contributed by atoms with Gasteiger partial charge in [0.15, 0.2) is 0 Å². The number of hydrogen-bond acceptors (Lipinski definition) is 3. The van der Waals surface area contributed by atoms with E-state index in [1.807, 2.05) is 0 Å². The van der Waals surface area contributed by atoms with Gasteiger partial charge in [-0.2, -0.15) is 17.6 Å². The molecule has 5 fully saturated rings. The van der Waals surface area contributed by atoms with Crippen LogP contribution in [0.4, 0.5) is 23.2 Å². The van der Waals surface area contributed by atoms with E-state index in [0.29, 0.717) is 11.8 Å². The molecular formula is C19H17F4NO3. The number of imide groups is 1. The van der Waals surface area contributed by atoms with E-state index in [1.54, 1.807) is 0 Å². The molecule has 1 unspecified atom stereocenters. The summed E-state index contributed by atoms with van der Waals surface area (Å²) in [6, 6.07) is 4.71. The molecule has 2 amide bonds. The number of fused-ring (bicyclic) bond motifs is 1. The molecule has 2 bridgehead atoms. The van der Waals surface area contributed by atoms with Gasteiger partial charge in [0.25, 0.3) is 0 Å². The van der Waals surface area contributed by atoms with Gasteiger partial charge in [0.2, 0.25) is 11.8 Å². The first kappa shape index (κ1) is 17.0. The predicted octanol–water partition coefficient (Wildman–Crippen LogP) is 3.70. The van der Waals surface area contributed by atoms with Crippen LogP contribution < -0.4 is 9.64 Å². The van der Waals surface area contributed by atoms with Gasteiger partial charge in [-0.15, -0.1) is 0 Å². The van der Waals surface area contributed by atoms with E-state index in [2.05, 4.69) is 4.74 Å². The Morgan fingerprint density at radius 1 is 0.926 bits per heavy atom. The van der Waals surface area contributed by atoms with E-state index in [0.717, 1.165) is 36.3 Å². The summed E-state index contributed by atoms with van der Waals surface area (Å²) in [5.41, 5.74) is 0.264. The summed E-state index contributed by atoms with van der Waals surface area (Å²) in [5, 5.41) is 0. The third-order valence-corrected chi connectivity index (χ3v) is 6.75. The third kappa shape index (κ3) is 2.34. The fourth-order valence-electron chi connectivity index (χ4n) is 5.66. The summed E-state index contributed by atoms with van der Waals surface area (Å²) in [6.45, 7) is 0. The van der Waals surface area contributed by atoms with Crippen molar-refractivity contribution in [3.8, 4) is 5.75 Å². The van der Waals surface area contributed by atoms with Crippen LogP contribution in [0.3, 0.4) is 0 Å². The summed E-state index contributed by atoms with van der Waals surface area (Å²) in [6.07, 6.45) is -5.47. The Bertz CT molecular complexity index is 778. The molecule has 6 atom stereocenters. The molecule has 1 aromatic rings. The molecule has 1 saturated heterocycles. The van der Waals surface area contributed by atoms with Gasteiger partial charge >= 0.3 is 12.5 Å². The first-order valence-electron chi connectivity index (χ1n) is 9.12. The molecule has 4 aliphatic carbocycles. The van der Waals surface area contributed by atoms with E-state index < -0.39 is 18.3 Å². The monoisotopic (exact) mass is 383 g/mol. The van der Waals surface area contributed by atoms with Crippen molar-refractivity contribution in [2.45, 2.75) is 31.8 Å². The minimum atomic E-state index is -4.60. The summed E-state index contributed by atoms with van der Waals surface area (Å²) < 4.78 is 54.5. The summed E-state index contributed by atoms with van der Waals surface area (Å²) in [5.74, 6) is 0.189. The van der Waals surface area contributed by atoms with E-state index in [1.165, 1.54) is 12.1 Å². The molecule has 27 heavy (non-hydrogen) atoms. The van der Waals surface area contributed by atoms with Gasteiger partial charge in [-0.1, -0.05) is 0 Å². The maximum absolute atomic E-state index is 13.0. The van der Waals surface area contributed by atoms with Crippen molar-refractivity contribution in [3.63, 3.8) is 0 Å². The highest BCUT2D eigenvalue weighted by Gasteiger charge is 2.68. The second-order valence-electron chi connectivity index (χ2n) is 7.99. The van der Waals surface area contributed by atoms with E-state index in [4.69, 9.17) is 0 Å². The maximum atomic E-state index is 13.0. The van der Waals surface area contributed by atoms with Crippen molar-refractivity contribution in [2.24, 2.45) is 35.5 Å². The van der Waals surface area contributed by atoms with Gasteiger partial charge in [-0.25, -0.2) is 0 Å². The van der Waals surface area contributed by atoms with Gasteiger partial charge in [0.1, 0.15) is 5.75 Å². The smallest absolute Gasteiger partial charge is 0.428 e. The number of amides is 2. The predicted molar refractivity (Wildman–Crippen MR) is 85.3 cm³/mol. The Labute approximate surface area is 152 Å². The Hall–Kier alpha value is -2.12. The molecule has 6 rings (SSSR count).